The first-order chi connectivity index (χ1) is 9.49. The van der Waals surface area contributed by atoms with Crippen LogP contribution in [0.15, 0.2) is 30.5 Å². The second-order valence-corrected chi connectivity index (χ2v) is 4.25. The van der Waals surface area contributed by atoms with Gasteiger partial charge in [0.15, 0.2) is 5.82 Å². The molecule has 2 N–H and O–H groups in total. The van der Waals surface area contributed by atoms with E-state index >= 15 is 0 Å². The molecule has 0 aliphatic carbocycles. The number of aromatic nitrogens is 1. The van der Waals surface area contributed by atoms with Gasteiger partial charge in [0.1, 0.15) is 11.5 Å². The molecular formula is C14H12F2N2O2. The Kier molecular flexibility index (Phi) is 3.93. The van der Waals surface area contributed by atoms with Crippen LogP contribution < -0.4 is 5.32 Å². The van der Waals surface area contributed by atoms with Crippen molar-refractivity contribution in [2.24, 2.45) is 0 Å². The van der Waals surface area contributed by atoms with Crippen LogP contribution in [0.2, 0.25) is 0 Å². The molecule has 0 spiro atoms. The molecule has 1 heterocycles. The molecule has 2 aromatic rings. The lowest BCUT2D eigenvalue weighted by Crippen LogP contribution is -2.07. The summed E-state index contributed by atoms with van der Waals surface area (Å²) in [5, 5.41) is 11.4. The van der Waals surface area contributed by atoms with Crippen molar-refractivity contribution in [3.05, 3.63) is 58.9 Å². The molecule has 0 saturated carbocycles. The van der Waals surface area contributed by atoms with Gasteiger partial charge >= 0.3 is 5.97 Å². The lowest BCUT2D eigenvalue weighted by atomic mass is 10.2. The van der Waals surface area contributed by atoms with Crippen LogP contribution in [0.3, 0.4) is 0 Å². The molecule has 104 valence electrons. The number of aryl methyl sites for hydroxylation is 1. The van der Waals surface area contributed by atoms with Gasteiger partial charge in [-0.05, 0) is 30.7 Å². The first-order valence-electron chi connectivity index (χ1n) is 5.85. The number of carboxylic acid groups (broad SMARTS) is 1. The number of pyridine rings is 1. The number of hydrogen-bond donors (Lipinski definition) is 2. The van der Waals surface area contributed by atoms with E-state index in [1.54, 1.807) is 6.92 Å². The number of aromatic carboxylic acids is 1. The van der Waals surface area contributed by atoms with Crippen LogP contribution in [0.4, 0.5) is 14.5 Å². The number of nitrogens with zero attached hydrogens (tertiary/aromatic N) is 1. The van der Waals surface area contributed by atoms with Crippen LogP contribution in [0, 0.1) is 18.6 Å². The molecule has 1 aromatic heterocycles. The molecule has 20 heavy (non-hydrogen) atoms. The van der Waals surface area contributed by atoms with Gasteiger partial charge in [0.05, 0.1) is 17.8 Å². The Morgan fingerprint density at radius 2 is 2.05 bits per heavy atom. The highest BCUT2D eigenvalue weighted by atomic mass is 19.1. The average molecular weight is 278 g/mol. The predicted octanol–water partition coefficient (Wildman–Crippen LogP) is 2.98. The average Bonchev–Trinajstić information content (AvgIpc) is 2.43. The second-order valence-electron chi connectivity index (χ2n) is 4.25. The van der Waals surface area contributed by atoms with E-state index in [-0.39, 0.29) is 17.8 Å². The summed E-state index contributed by atoms with van der Waals surface area (Å²) in [7, 11) is 0. The smallest absolute Gasteiger partial charge is 0.337 e. The summed E-state index contributed by atoms with van der Waals surface area (Å²) >= 11 is 0. The Labute approximate surface area is 114 Å². The van der Waals surface area contributed by atoms with Crippen molar-refractivity contribution in [3.63, 3.8) is 0 Å². The summed E-state index contributed by atoms with van der Waals surface area (Å²) < 4.78 is 27.2. The standard InChI is InChI=1S/C14H12F2N2O2/c1-8-2-5-11(15)13(12(8)16)18-7-10-4-3-9(6-17-10)14(19)20/h2-6,18H,7H2,1H3,(H,19,20). The number of nitrogens with one attached hydrogen (secondary N) is 1. The molecule has 1 aromatic carbocycles. The molecule has 0 bridgehead atoms. The molecule has 0 unspecified atom stereocenters. The van der Waals surface area contributed by atoms with E-state index in [0.717, 1.165) is 0 Å². The van der Waals surface area contributed by atoms with Crippen molar-refractivity contribution in [1.29, 1.82) is 0 Å². The lowest BCUT2D eigenvalue weighted by molar-refractivity contribution is 0.0696. The number of hydrogen-bond acceptors (Lipinski definition) is 3. The summed E-state index contributed by atoms with van der Waals surface area (Å²) in [5.41, 5.74) is 0.661. The number of halogens is 2. The Morgan fingerprint density at radius 1 is 1.30 bits per heavy atom. The highest BCUT2D eigenvalue weighted by molar-refractivity contribution is 5.87. The van der Waals surface area contributed by atoms with Gasteiger partial charge in [0.25, 0.3) is 0 Å². The Morgan fingerprint density at radius 3 is 2.65 bits per heavy atom. The maximum Gasteiger partial charge on any atom is 0.337 e. The number of benzene rings is 1. The van der Waals surface area contributed by atoms with Crippen molar-refractivity contribution < 1.29 is 18.7 Å². The molecule has 0 aliphatic rings. The quantitative estimate of drug-likeness (QED) is 0.902. The minimum absolute atomic E-state index is 0.0571. The lowest BCUT2D eigenvalue weighted by Gasteiger charge is -2.10. The molecule has 0 saturated heterocycles. The molecule has 0 fully saturated rings. The summed E-state index contributed by atoms with van der Waals surface area (Å²) in [4.78, 5) is 14.6. The van der Waals surface area contributed by atoms with Gasteiger partial charge in [-0.1, -0.05) is 6.07 Å². The fraction of sp³-hybridized carbons (Fsp3) is 0.143. The van der Waals surface area contributed by atoms with E-state index in [1.165, 1.54) is 30.5 Å². The highest BCUT2D eigenvalue weighted by Gasteiger charge is 2.11. The third kappa shape index (κ3) is 2.90. The Hall–Kier alpha value is -2.50. The Bertz CT molecular complexity index is 642. The molecule has 0 aliphatic heterocycles. The van der Waals surface area contributed by atoms with Gasteiger partial charge in [-0.15, -0.1) is 0 Å². The molecule has 0 atom stereocenters. The SMILES string of the molecule is Cc1ccc(F)c(NCc2ccc(C(=O)O)cn2)c1F. The maximum atomic E-state index is 13.7. The predicted molar refractivity (Wildman–Crippen MR) is 69.6 cm³/mol. The largest absolute Gasteiger partial charge is 0.478 e. The van der Waals surface area contributed by atoms with E-state index in [9.17, 15) is 13.6 Å². The molecular weight excluding hydrogens is 266 g/mol. The second kappa shape index (κ2) is 5.64. The minimum atomic E-state index is -1.08. The summed E-state index contributed by atoms with van der Waals surface area (Å²) in [6.45, 7) is 1.64. The minimum Gasteiger partial charge on any atom is -0.478 e. The normalized spacial score (nSPS) is 10.3. The summed E-state index contributed by atoms with van der Waals surface area (Å²) in [5.74, 6) is -2.41. The number of anilines is 1. The summed E-state index contributed by atoms with van der Waals surface area (Å²) in [6.07, 6.45) is 1.20. The van der Waals surface area contributed by atoms with Crippen molar-refractivity contribution in [1.82, 2.24) is 4.98 Å². The zero-order valence-corrected chi connectivity index (χ0v) is 10.7. The number of carboxylic acids is 1. The number of carbonyl (C=O) groups is 1. The van der Waals surface area contributed by atoms with E-state index in [1.807, 2.05) is 0 Å². The highest BCUT2D eigenvalue weighted by Crippen LogP contribution is 2.22. The van der Waals surface area contributed by atoms with Crippen molar-refractivity contribution in [2.45, 2.75) is 13.5 Å². The van der Waals surface area contributed by atoms with E-state index in [4.69, 9.17) is 5.11 Å². The first-order valence-corrected chi connectivity index (χ1v) is 5.85. The van der Waals surface area contributed by atoms with Crippen LogP contribution in [0.5, 0.6) is 0 Å². The van der Waals surface area contributed by atoms with Gasteiger partial charge < -0.3 is 10.4 Å². The van der Waals surface area contributed by atoms with Gasteiger partial charge in [-0.2, -0.15) is 0 Å². The van der Waals surface area contributed by atoms with Gasteiger partial charge in [0.2, 0.25) is 0 Å². The number of rotatable bonds is 4. The third-order valence-corrected chi connectivity index (χ3v) is 2.80. The van der Waals surface area contributed by atoms with Crippen LogP contribution in [0.1, 0.15) is 21.6 Å². The van der Waals surface area contributed by atoms with Gasteiger partial charge in [-0.25, -0.2) is 13.6 Å². The van der Waals surface area contributed by atoms with Crippen molar-refractivity contribution in [3.8, 4) is 0 Å². The van der Waals surface area contributed by atoms with E-state index < -0.39 is 17.6 Å². The molecule has 0 amide bonds. The van der Waals surface area contributed by atoms with Crippen LogP contribution >= 0.6 is 0 Å². The fourth-order valence-corrected chi connectivity index (χ4v) is 1.65. The Balaban J connectivity index is 2.13. The third-order valence-electron chi connectivity index (χ3n) is 2.80. The van der Waals surface area contributed by atoms with Gasteiger partial charge in [-0.3, -0.25) is 4.98 Å². The topological polar surface area (TPSA) is 62.2 Å². The zero-order valence-electron chi connectivity index (χ0n) is 10.7. The maximum absolute atomic E-state index is 13.7. The van der Waals surface area contributed by atoms with Crippen molar-refractivity contribution in [2.75, 3.05) is 5.32 Å². The van der Waals surface area contributed by atoms with Crippen molar-refractivity contribution >= 4 is 11.7 Å². The van der Waals surface area contributed by atoms with E-state index in [0.29, 0.717) is 11.3 Å². The first kappa shape index (κ1) is 13.9. The van der Waals surface area contributed by atoms with Crippen LogP contribution in [0.25, 0.3) is 0 Å². The summed E-state index contributed by atoms with van der Waals surface area (Å²) in [6, 6.07) is 5.41. The molecule has 0 radical (unpaired) electrons. The zero-order chi connectivity index (χ0) is 14.7. The molecule has 2 rings (SSSR count). The fourth-order valence-electron chi connectivity index (χ4n) is 1.65. The molecule has 6 heteroatoms. The van der Waals surface area contributed by atoms with Crippen LogP contribution in [-0.2, 0) is 6.54 Å². The van der Waals surface area contributed by atoms with Gasteiger partial charge in [0, 0.05) is 6.20 Å². The van der Waals surface area contributed by atoms with E-state index in [2.05, 4.69) is 10.3 Å². The monoisotopic (exact) mass is 278 g/mol. The van der Waals surface area contributed by atoms with Crippen LogP contribution in [-0.4, -0.2) is 16.1 Å². The molecule has 4 nitrogen and oxygen atoms in total.